The lowest BCUT2D eigenvalue weighted by atomic mass is 9.99. The Labute approximate surface area is 137 Å². The highest BCUT2D eigenvalue weighted by atomic mass is 79.9. The van der Waals surface area contributed by atoms with Crippen LogP contribution in [0, 0.1) is 5.92 Å². The summed E-state index contributed by atoms with van der Waals surface area (Å²) in [6.45, 7) is 2.54. The number of hydrogen-bond acceptors (Lipinski definition) is 3. The summed E-state index contributed by atoms with van der Waals surface area (Å²) in [6.07, 6.45) is 2.20. The van der Waals surface area contributed by atoms with Crippen molar-refractivity contribution in [3.8, 4) is 0 Å². The number of piperidine rings is 1. The minimum absolute atomic E-state index is 0.274. The first-order valence-electron chi connectivity index (χ1n) is 6.52. The Morgan fingerprint density at radius 3 is 2.85 bits per heavy atom. The molecule has 1 aliphatic rings. The topological polar surface area (TPSA) is 49.4 Å². The Kier molecular flexibility index (Phi) is 5.64. The summed E-state index contributed by atoms with van der Waals surface area (Å²) in [5.74, 6) is 0.384. The highest BCUT2D eigenvalue weighted by Crippen LogP contribution is 2.25. The number of rotatable bonds is 4. The van der Waals surface area contributed by atoms with Crippen molar-refractivity contribution in [1.29, 1.82) is 0 Å². The zero-order valence-electron chi connectivity index (χ0n) is 11.3. The quantitative estimate of drug-likeness (QED) is 0.806. The van der Waals surface area contributed by atoms with Crippen molar-refractivity contribution in [2.45, 2.75) is 17.7 Å². The summed E-state index contributed by atoms with van der Waals surface area (Å²) in [6, 6.07) is 5.14. The van der Waals surface area contributed by atoms with Crippen LogP contribution < -0.4 is 4.72 Å². The second-order valence-corrected chi connectivity index (χ2v) is 8.70. The summed E-state index contributed by atoms with van der Waals surface area (Å²) in [4.78, 5) is 2.52. The number of nitrogens with zero attached hydrogens (tertiary/aromatic N) is 1. The number of likely N-dealkylation sites (tertiary alicyclic amines) is 1. The Bertz CT molecular complexity index is 578. The summed E-state index contributed by atoms with van der Waals surface area (Å²) in [5, 5.41) is 0. The van der Waals surface area contributed by atoms with Crippen LogP contribution in [-0.4, -0.2) is 40.0 Å². The highest BCUT2D eigenvalue weighted by Gasteiger charge is 2.22. The zero-order chi connectivity index (χ0) is 14.8. The van der Waals surface area contributed by atoms with Crippen molar-refractivity contribution >= 4 is 41.9 Å². The third-order valence-corrected chi connectivity index (χ3v) is 6.38. The molecule has 1 aliphatic heterocycles. The van der Waals surface area contributed by atoms with Crippen LogP contribution in [0.3, 0.4) is 0 Å². The van der Waals surface area contributed by atoms with Gasteiger partial charge in [0.2, 0.25) is 10.0 Å². The molecular formula is C13H18Br2N2O2S. The predicted molar refractivity (Wildman–Crippen MR) is 87.3 cm³/mol. The van der Waals surface area contributed by atoms with Gasteiger partial charge in [0.05, 0.1) is 4.90 Å². The lowest BCUT2D eigenvalue weighted by molar-refractivity contribution is 0.211. The number of sulfonamides is 1. The van der Waals surface area contributed by atoms with Crippen molar-refractivity contribution in [3.05, 3.63) is 27.1 Å². The van der Waals surface area contributed by atoms with Gasteiger partial charge in [-0.2, -0.15) is 0 Å². The molecule has 1 fully saturated rings. The van der Waals surface area contributed by atoms with Crippen molar-refractivity contribution in [1.82, 2.24) is 9.62 Å². The maximum atomic E-state index is 12.4. The number of nitrogens with one attached hydrogen (secondary N) is 1. The molecule has 20 heavy (non-hydrogen) atoms. The van der Waals surface area contributed by atoms with Gasteiger partial charge in [-0.3, -0.25) is 0 Å². The van der Waals surface area contributed by atoms with Crippen LogP contribution in [-0.2, 0) is 10.0 Å². The zero-order valence-corrected chi connectivity index (χ0v) is 15.3. The second kappa shape index (κ2) is 6.87. The molecule has 0 spiro atoms. The van der Waals surface area contributed by atoms with Gasteiger partial charge < -0.3 is 4.90 Å². The Balaban J connectivity index is 2.05. The predicted octanol–water partition coefficient (Wildman–Crippen LogP) is 2.83. The van der Waals surface area contributed by atoms with E-state index in [0.29, 0.717) is 16.9 Å². The van der Waals surface area contributed by atoms with Crippen molar-refractivity contribution in [2.75, 3.05) is 26.7 Å². The van der Waals surface area contributed by atoms with Crippen LogP contribution in [0.1, 0.15) is 12.8 Å². The van der Waals surface area contributed by atoms with Crippen LogP contribution in [0.5, 0.6) is 0 Å². The number of benzene rings is 1. The molecule has 1 atom stereocenters. The third kappa shape index (κ3) is 4.27. The second-order valence-electron chi connectivity index (χ2n) is 5.20. The first-order chi connectivity index (χ1) is 9.38. The fourth-order valence-corrected chi connectivity index (χ4v) is 5.04. The first kappa shape index (κ1) is 16.4. The Morgan fingerprint density at radius 1 is 1.40 bits per heavy atom. The molecule has 0 aliphatic carbocycles. The minimum atomic E-state index is -3.48. The molecule has 0 bridgehead atoms. The van der Waals surface area contributed by atoms with Gasteiger partial charge in [-0.25, -0.2) is 13.1 Å². The van der Waals surface area contributed by atoms with E-state index in [-0.39, 0.29) is 4.90 Å². The van der Waals surface area contributed by atoms with E-state index in [1.807, 2.05) is 0 Å². The molecule has 2 rings (SSSR count). The summed E-state index contributed by atoms with van der Waals surface area (Å²) >= 11 is 6.60. The van der Waals surface area contributed by atoms with Gasteiger partial charge in [0, 0.05) is 22.0 Å². The molecule has 7 heteroatoms. The molecule has 0 saturated carbocycles. The lowest BCUT2D eigenvalue weighted by Gasteiger charge is -2.29. The average Bonchev–Trinajstić information content (AvgIpc) is 2.39. The van der Waals surface area contributed by atoms with Gasteiger partial charge in [-0.15, -0.1) is 0 Å². The van der Waals surface area contributed by atoms with Gasteiger partial charge in [0.1, 0.15) is 0 Å². The van der Waals surface area contributed by atoms with E-state index in [1.54, 1.807) is 18.2 Å². The standard InChI is InChI=1S/C13H18Br2N2O2S/c1-17-6-2-3-10(9-17)8-16-20(18,19)13-7-11(14)4-5-12(13)15/h4-5,7,10,16H,2-3,6,8-9H2,1H3. The summed E-state index contributed by atoms with van der Waals surface area (Å²) in [5.41, 5.74) is 0. The molecule has 1 N–H and O–H groups in total. The van der Waals surface area contributed by atoms with Crippen LogP contribution in [0.15, 0.2) is 32.0 Å². The molecule has 1 aromatic carbocycles. The van der Waals surface area contributed by atoms with Crippen LogP contribution >= 0.6 is 31.9 Å². The van der Waals surface area contributed by atoms with Crippen molar-refractivity contribution in [2.24, 2.45) is 5.92 Å². The molecule has 0 amide bonds. The van der Waals surface area contributed by atoms with Gasteiger partial charge in [0.15, 0.2) is 0 Å². The maximum absolute atomic E-state index is 12.4. The Morgan fingerprint density at radius 2 is 2.15 bits per heavy atom. The van der Waals surface area contributed by atoms with Gasteiger partial charge in [-0.1, -0.05) is 15.9 Å². The summed E-state index contributed by atoms with van der Waals surface area (Å²) in [7, 11) is -1.40. The molecule has 1 aromatic rings. The molecule has 1 unspecified atom stereocenters. The third-order valence-electron chi connectivity index (χ3n) is 3.47. The number of halogens is 2. The molecule has 112 valence electrons. The van der Waals surface area contributed by atoms with Crippen LogP contribution in [0.2, 0.25) is 0 Å². The molecule has 0 radical (unpaired) electrons. The van der Waals surface area contributed by atoms with E-state index in [1.165, 1.54) is 0 Å². The Hall–Kier alpha value is 0.0500. The van der Waals surface area contributed by atoms with E-state index >= 15 is 0 Å². The van der Waals surface area contributed by atoms with E-state index in [2.05, 4.69) is 48.5 Å². The molecule has 4 nitrogen and oxygen atoms in total. The normalized spacial score (nSPS) is 21.1. The van der Waals surface area contributed by atoms with Gasteiger partial charge in [0.25, 0.3) is 0 Å². The monoisotopic (exact) mass is 424 g/mol. The minimum Gasteiger partial charge on any atom is -0.306 e. The average molecular weight is 426 g/mol. The maximum Gasteiger partial charge on any atom is 0.241 e. The van der Waals surface area contributed by atoms with E-state index in [4.69, 9.17) is 0 Å². The fraction of sp³-hybridized carbons (Fsp3) is 0.538. The first-order valence-corrected chi connectivity index (χ1v) is 9.58. The largest absolute Gasteiger partial charge is 0.306 e. The van der Waals surface area contributed by atoms with Gasteiger partial charge in [-0.05, 0) is 66.5 Å². The molecule has 1 saturated heterocycles. The molecule has 0 aromatic heterocycles. The summed E-state index contributed by atoms with van der Waals surface area (Å²) < 4.78 is 28.8. The number of hydrogen-bond donors (Lipinski definition) is 1. The van der Waals surface area contributed by atoms with Crippen LogP contribution in [0.25, 0.3) is 0 Å². The molecular weight excluding hydrogens is 408 g/mol. The van der Waals surface area contributed by atoms with Crippen molar-refractivity contribution < 1.29 is 8.42 Å². The van der Waals surface area contributed by atoms with Gasteiger partial charge >= 0.3 is 0 Å². The highest BCUT2D eigenvalue weighted by molar-refractivity contribution is 9.11. The van der Waals surface area contributed by atoms with E-state index in [9.17, 15) is 8.42 Å². The van der Waals surface area contributed by atoms with Crippen LogP contribution in [0.4, 0.5) is 0 Å². The van der Waals surface area contributed by atoms with E-state index in [0.717, 1.165) is 30.4 Å². The smallest absolute Gasteiger partial charge is 0.241 e. The lowest BCUT2D eigenvalue weighted by Crippen LogP contribution is -2.39. The SMILES string of the molecule is CN1CCCC(CNS(=O)(=O)c2cc(Br)ccc2Br)C1. The van der Waals surface area contributed by atoms with E-state index < -0.39 is 10.0 Å². The van der Waals surface area contributed by atoms with Crippen molar-refractivity contribution in [3.63, 3.8) is 0 Å². The molecule has 1 heterocycles. The fourth-order valence-electron chi connectivity index (χ4n) is 2.43.